The van der Waals surface area contributed by atoms with Gasteiger partial charge in [-0.25, -0.2) is 10.0 Å². The average molecular weight is 624 g/mol. The summed E-state index contributed by atoms with van der Waals surface area (Å²) in [6.45, 7) is 3.01. The molecule has 2 heterocycles. The summed E-state index contributed by atoms with van der Waals surface area (Å²) in [7, 11) is 0. The molecule has 8 nitrogen and oxygen atoms in total. The van der Waals surface area contributed by atoms with Crippen LogP contribution >= 0.6 is 0 Å². The van der Waals surface area contributed by atoms with Crippen LogP contribution in [0.5, 0.6) is 11.5 Å². The second-order valence-electron chi connectivity index (χ2n) is 10.1. The van der Waals surface area contributed by atoms with Crippen LogP contribution < -0.4 is 0 Å². The van der Waals surface area contributed by atoms with Crippen molar-refractivity contribution in [2.75, 3.05) is 0 Å². The maximum absolute atomic E-state index is 11.8. The van der Waals surface area contributed by atoms with Gasteiger partial charge in [0.1, 0.15) is 11.5 Å². The van der Waals surface area contributed by atoms with Crippen molar-refractivity contribution in [2.45, 2.75) is 38.8 Å². The molecule has 2 atom stereocenters. The van der Waals surface area contributed by atoms with Crippen molar-refractivity contribution in [3.63, 3.8) is 0 Å². The number of hydrogen-bond acceptors (Lipinski definition) is 6. The van der Waals surface area contributed by atoms with Gasteiger partial charge in [-0.2, -0.15) is 10.2 Å². The zero-order valence-electron chi connectivity index (χ0n) is 23.8. The number of phenolic OH excluding ortho intramolecular Hbond substituents is 2. The predicted molar refractivity (Wildman–Crippen MR) is 162 cm³/mol. The molecular formula is C34H32CuN4O4. The van der Waals surface area contributed by atoms with Gasteiger partial charge < -0.3 is 10.2 Å². The van der Waals surface area contributed by atoms with Gasteiger partial charge in [0.05, 0.1) is 23.5 Å². The fourth-order valence-electron chi connectivity index (χ4n) is 5.23. The summed E-state index contributed by atoms with van der Waals surface area (Å²) >= 11 is 0. The van der Waals surface area contributed by atoms with Crippen LogP contribution in [0.15, 0.2) is 119 Å². The van der Waals surface area contributed by atoms with E-state index >= 15 is 0 Å². The number of hydrogen-bond donors (Lipinski definition) is 2. The number of para-hydroxylation sites is 2. The van der Waals surface area contributed by atoms with Crippen molar-refractivity contribution in [2.24, 2.45) is 10.2 Å². The summed E-state index contributed by atoms with van der Waals surface area (Å²) in [5.41, 5.74) is 4.92. The summed E-state index contributed by atoms with van der Waals surface area (Å²) in [5.74, 6) is 0.172. The van der Waals surface area contributed by atoms with Crippen molar-refractivity contribution < 1.29 is 36.9 Å². The third kappa shape index (κ3) is 7.02. The molecule has 0 aromatic heterocycles. The fourth-order valence-corrected chi connectivity index (χ4v) is 5.23. The Morgan fingerprint density at radius 2 is 0.907 bits per heavy atom. The number of aromatic hydroxyl groups is 2. The number of carbonyl (C=O) groups is 2. The standard InChI is InChI=1S/2C17H16N2O2.Cu/c2*1-12(20)19-16(13-7-3-2-4-8-13)11-15(18-19)14-9-5-6-10-17(14)21;/h2*2-10,16,21H,11H2,1H3;. The van der Waals surface area contributed by atoms with Gasteiger partial charge in [-0.15, -0.1) is 0 Å². The summed E-state index contributed by atoms with van der Waals surface area (Å²) in [4.78, 5) is 23.7. The van der Waals surface area contributed by atoms with Crippen molar-refractivity contribution in [3.05, 3.63) is 131 Å². The molecule has 223 valence electrons. The van der Waals surface area contributed by atoms with Crippen LogP contribution in [0.1, 0.15) is 61.0 Å². The smallest absolute Gasteiger partial charge is 0.240 e. The third-order valence-electron chi connectivity index (χ3n) is 7.26. The van der Waals surface area contributed by atoms with Crippen molar-refractivity contribution in [1.29, 1.82) is 0 Å². The maximum atomic E-state index is 11.8. The molecule has 2 aliphatic rings. The van der Waals surface area contributed by atoms with E-state index in [2.05, 4.69) is 10.2 Å². The molecule has 1 radical (unpaired) electrons. The summed E-state index contributed by atoms with van der Waals surface area (Å²) in [6.07, 6.45) is 1.20. The summed E-state index contributed by atoms with van der Waals surface area (Å²) in [5, 5.41) is 31.8. The van der Waals surface area contributed by atoms with Crippen LogP contribution in [-0.4, -0.2) is 43.5 Å². The Kier molecular flexibility index (Phi) is 10.1. The van der Waals surface area contributed by atoms with E-state index in [1.807, 2.05) is 84.9 Å². The molecule has 2 unspecified atom stereocenters. The first kappa shape index (κ1) is 31.2. The SMILES string of the molecule is CC(=O)N1N=C(c2ccccc2O)CC1c1ccccc1.CC(=O)N1N=C(c2ccccc2O)CC1c1ccccc1.[Cu]. The van der Waals surface area contributed by atoms with E-state index < -0.39 is 0 Å². The Balaban J connectivity index is 0.000000192. The minimum absolute atomic E-state index is 0. The number of nitrogens with zero attached hydrogens (tertiary/aromatic N) is 4. The third-order valence-corrected chi connectivity index (χ3v) is 7.26. The number of phenols is 2. The predicted octanol–water partition coefficient (Wildman–Crippen LogP) is 6.18. The molecule has 0 fully saturated rings. The molecular weight excluding hydrogens is 592 g/mol. The van der Waals surface area contributed by atoms with E-state index in [0.717, 1.165) is 22.6 Å². The molecule has 2 aliphatic heterocycles. The van der Waals surface area contributed by atoms with Gasteiger partial charge in [-0.3, -0.25) is 9.59 Å². The van der Waals surface area contributed by atoms with Crippen LogP contribution in [0.2, 0.25) is 0 Å². The van der Waals surface area contributed by atoms with Crippen LogP contribution in [0, 0.1) is 0 Å². The molecule has 2 amide bonds. The van der Waals surface area contributed by atoms with Gasteiger partial charge in [0.15, 0.2) is 0 Å². The van der Waals surface area contributed by atoms with Crippen LogP contribution in [0.4, 0.5) is 0 Å². The molecule has 0 bridgehead atoms. The molecule has 0 spiro atoms. The molecule has 6 rings (SSSR count). The van der Waals surface area contributed by atoms with Gasteiger partial charge >= 0.3 is 0 Å². The first-order valence-corrected chi connectivity index (χ1v) is 13.7. The summed E-state index contributed by atoms with van der Waals surface area (Å²) in [6, 6.07) is 33.6. The Labute approximate surface area is 261 Å². The number of rotatable bonds is 4. The number of amides is 2. The number of hydrazone groups is 2. The first-order valence-electron chi connectivity index (χ1n) is 13.7. The quantitative estimate of drug-likeness (QED) is 0.265. The van der Waals surface area contributed by atoms with Crippen molar-refractivity contribution in [3.8, 4) is 11.5 Å². The van der Waals surface area contributed by atoms with Gasteiger partial charge in [-0.1, -0.05) is 84.9 Å². The fraction of sp³-hybridized carbons (Fsp3) is 0.176. The van der Waals surface area contributed by atoms with E-state index in [1.54, 1.807) is 24.3 Å². The van der Waals surface area contributed by atoms with Gasteiger partial charge in [-0.05, 0) is 35.4 Å². The average Bonchev–Trinajstić information content (AvgIpc) is 3.65. The van der Waals surface area contributed by atoms with Gasteiger partial charge in [0, 0.05) is 54.9 Å². The molecule has 0 aliphatic carbocycles. The van der Waals surface area contributed by atoms with E-state index in [4.69, 9.17) is 0 Å². The monoisotopic (exact) mass is 623 g/mol. The van der Waals surface area contributed by atoms with Gasteiger partial charge in [0.25, 0.3) is 0 Å². The molecule has 4 aromatic rings. The Morgan fingerprint density at radius 1 is 0.581 bits per heavy atom. The topological polar surface area (TPSA) is 106 Å². The van der Waals surface area contributed by atoms with Crippen molar-refractivity contribution in [1.82, 2.24) is 10.0 Å². The molecule has 9 heteroatoms. The number of benzene rings is 4. The minimum Gasteiger partial charge on any atom is -0.507 e. The second kappa shape index (κ2) is 14.0. The minimum atomic E-state index is -0.113. The molecule has 4 aromatic carbocycles. The Bertz CT molecular complexity index is 1520. The van der Waals surface area contributed by atoms with Crippen molar-refractivity contribution >= 4 is 23.2 Å². The van der Waals surface area contributed by atoms with Crippen LogP contribution in [-0.2, 0) is 26.7 Å². The van der Waals surface area contributed by atoms with E-state index in [0.29, 0.717) is 24.0 Å². The summed E-state index contributed by atoms with van der Waals surface area (Å²) < 4.78 is 0. The zero-order chi connectivity index (χ0) is 29.6. The first-order chi connectivity index (χ1) is 20.3. The number of carbonyl (C=O) groups excluding carboxylic acids is 2. The Morgan fingerprint density at radius 3 is 1.23 bits per heavy atom. The van der Waals surface area contributed by atoms with Gasteiger partial charge in [0.2, 0.25) is 11.8 Å². The molecule has 0 saturated carbocycles. The van der Waals surface area contributed by atoms with Crippen LogP contribution in [0.25, 0.3) is 0 Å². The van der Waals surface area contributed by atoms with E-state index in [9.17, 15) is 19.8 Å². The Hall–Kier alpha value is -4.72. The molecule has 43 heavy (non-hydrogen) atoms. The normalized spacial score (nSPS) is 17.3. The zero-order valence-corrected chi connectivity index (χ0v) is 24.7. The molecule has 2 N–H and O–H groups in total. The maximum Gasteiger partial charge on any atom is 0.240 e. The van der Waals surface area contributed by atoms with E-state index in [1.165, 1.54) is 23.9 Å². The largest absolute Gasteiger partial charge is 0.507 e. The second-order valence-corrected chi connectivity index (χ2v) is 10.1. The van der Waals surface area contributed by atoms with Crippen LogP contribution in [0.3, 0.4) is 0 Å². The van der Waals surface area contributed by atoms with E-state index in [-0.39, 0.29) is 52.5 Å². The molecule has 0 saturated heterocycles.